The predicted molar refractivity (Wildman–Crippen MR) is 86.8 cm³/mol. The summed E-state index contributed by atoms with van der Waals surface area (Å²) in [4.78, 5) is 23.6. The van der Waals surface area contributed by atoms with Crippen LogP contribution in [0.2, 0.25) is 0 Å². The van der Waals surface area contributed by atoms with Crippen LogP contribution in [0.15, 0.2) is 48.5 Å². The molecule has 26 heavy (non-hydrogen) atoms. The monoisotopic (exact) mass is 367 g/mol. The third-order valence-corrected chi connectivity index (χ3v) is 3.53. The van der Waals surface area contributed by atoms with Crippen molar-refractivity contribution in [1.82, 2.24) is 5.32 Å². The molecule has 8 heteroatoms. The molecule has 5 nitrogen and oxygen atoms in total. The largest absolute Gasteiger partial charge is 0.573 e. The Balaban J connectivity index is 2.01. The van der Waals surface area contributed by atoms with Crippen LogP contribution in [0.3, 0.4) is 0 Å². The maximum atomic E-state index is 12.2. The molecule has 0 fully saturated rings. The summed E-state index contributed by atoms with van der Waals surface area (Å²) >= 11 is 0. The van der Waals surface area contributed by atoms with Crippen molar-refractivity contribution in [3.05, 3.63) is 65.2 Å². The number of carbonyl (C=O) groups excluding carboxylic acids is 2. The smallest absolute Gasteiger partial charge is 0.465 e. The highest BCUT2D eigenvalue weighted by molar-refractivity contribution is 5.96. The quantitative estimate of drug-likeness (QED) is 0.815. The fourth-order valence-corrected chi connectivity index (χ4v) is 2.20. The molecular weight excluding hydrogens is 351 g/mol. The van der Waals surface area contributed by atoms with Crippen LogP contribution in [-0.2, 0) is 4.74 Å². The van der Waals surface area contributed by atoms with Crippen molar-refractivity contribution in [3.63, 3.8) is 0 Å². The van der Waals surface area contributed by atoms with Crippen molar-refractivity contribution in [3.8, 4) is 5.75 Å². The van der Waals surface area contributed by atoms with Gasteiger partial charge < -0.3 is 14.8 Å². The van der Waals surface area contributed by atoms with Gasteiger partial charge in [0.25, 0.3) is 5.91 Å². The van der Waals surface area contributed by atoms with Gasteiger partial charge in [0.1, 0.15) is 5.75 Å². The van der Waals surface area contributed by atoms with Gasteiger partial charge >= 0.3 is 12.3 Å². The highest BCUT2D eigenvalue weighted by Gasteiger charge is 2.31. The van der Waals surface area contributed by atoms with Crippen molar-refractivity contribution in [1.29, 1.82) is 0 Å². The highest BCUT2D eigenvalue weighted by Crippen LogP contribution is 2.24. The first-order valence-electron chi connectivity index (χ1n) is 7.54. The Hall–Kier alpha value is -3.03. The lowest BCUT2D eigenvalue weighted by Gasteiger charge is -2.15. The number of amides is 1. The van der Waals surface area contributed by atoms with E-state index in [2.05, 4.69) is 14.8 Å². The van der Waals surface area contributed by atoms with E-state index in [1.807, 2.05) is 0 Å². The molecule has 0 bridgehead atoms. The molecule has 2 aromatic rings. The van der Waals surface area contributed by atoms with E-state index in [0.717, 1.165) is 0 Å². The SMILES string of the molecule is COC(=O)c1ccc(C(=O)NC(C)c2ccc(OC(F)(F)F)cc2)cc1. The first-order chi connectivity index (χ1) is 12.2. The average molecular weight is 367 g/mol. The first kappa shape index (κ1) is 19.3. The number of rotatable bonds is 5. The molecule has 0 saturated heterocycles. The molecule has 0 aliphatic carbocycles. The van der Waals surface area contributed by atoms with E-state index in [-0.39, 0.29) is 11.7 Å². The van der Waals surface area contributed by atoms with Gasteiger partial charge in [0.2, 0.25) is 0 Å². The second-order valence-corrected chi connectivity index (χ2v) is 5.38. The molecule has 1 N–H and O–H groups in total. The third kappa shape index (κ3) is 5.23. The van der Waals surface area contributed by atoms with E-state index in [0.29, 0.717) is 16.7 Å². The number of esters is 1. The number of alkyl halides is 3. The number of ether oxygens (including phenoxy) is 2. The van der Waals surface area contributed by atoms with E-state index in [1.165, 1.54) is 55.6 Å². The summed E-state index contributed by atoms with van der Waals surface area (Å²) < 4.78 is 44.8. The molecule has 138 valence electrons. The molecule has 0 saturated carbocycles. The fourth-order valence-electron chi connectivity index (χ4n) is 2.20. The van der Waals surface area contributed by atoms with Crippen LogP contribution in [0.25, 0.3) is 0 Å². The summed E-state index contributed by atoms with van der Waals surface area (Å²) in [5.41, 5.74) is 1.26. The Morgan fingerprint density at radius 2 is 1.50 bits per heavy atom. The Morgan fingerprint density at radius 3 is 2.00 bits per heavy atom. The van der Waals surface area contributed by atoms with E-state index in [4.69, 9.17) is 0 Å². The summed E-state index contributed by atoms with van der Waals surface area (Å²) in [6, 6.07) is 10.7. The van der Waals surface area contributed by atoms with Crippen molar-refractivity contribution in [2.75, 3.05) is 7.11 Å². The molecule has 0 spiro atoms. The van der Waals surface area contributed by atoms with Gasteiger partial charge in [-0.05, 0) is 48.9 Å². The lowest BCUT2D eigenvalue weighted by atomic mass is 10.1. The molecule has 1 atom stereocenters. The zero-order valence-electron chi connectivity index (χ0n) is 14.0. The van der Waals surface area contributed by atoms with Gasteiger partial charge in [-0.3, -0.25) is 4.79 Å². The summed E-state index contributed by atoms with van der Waals surface area (Å²) in [6.07, 6.45) is -4.75. The predicted octanol–water partition coefficient (Wildman–Crippen LogP) is 3.86. The molecule has 0 aromatic heterocycles. The minimum atomic E-state index is -4.75. The van der Waals surface area contributed by atoms with Gasteiger partial charge in [0.15, 0.2) is 0 Å². The number of benzene rings is 2. The van der Waals surface area contributed by atoms with Gasteiger partial charge in [-0.15, -0.1) is 13.2 Å². The van der Waals surface area contributed by atoms with E-state index in [9.17, 15) is 22.8 Å². The molecule has 0 aliphatic heterocycles. The normalized spacial score (nSPS) is 12.2. The minimum Gasteiger partial charge on any atom is -0.465 e. The number of hydrogen-bond acceptors (Lipinski definition) is 4. The van der Waals surface area contributed by atoms with Crippen molar-refractivity contribution in [2.45, 2.75) is 19.3 Å². The summed E-state index contributed by atoms with van der Waals surface area (Å²) in [5.74, 6) is -1.23. The van der Waals surface area contributed by atoms with E-state index in [1.54, 1.807) is 6.92 Å². The molecule has 0 heterocycles. The molecule has 0 radical (unpaired) electrons. The van der Waals surface area contributed by atoms with Crippen LogP contribution in [0.5, 0.6) is 5.75 Å². The second-order valence-electron chi connectivity index (χ2n) is 5.38. The van der Waals surface area contributed by atoms with E-state index >= 15 is 0 Å². The second kappa shape index (κ2) is 7.90. The Bertz CT molecular complexity index is 771. The number of carbonyl (C=O) groups is 2. The van der Waals surface area contributed by atoms with Crippen molar-refractivity contribution < 1.29 is 32.2 Å². The zero-order chi connectivity index (χ0) is 19.3. The van der Waals surface area contributed by atoms with Crippen LogP contribution >= 0.6 is 0 Å². The third-order valence-electron chi connectivity index (χ3n) is 3.53. The van der Waals surface area contributed by atoms with Crippen molar-refractivity contribution >= 4 is 11.9 Å². The minimum absolute atomic E-state index is 0.317. The van der Waals surface area contributed by atoms with Gasteiger partial charge in [-0.2, -0.15) is 0 Å². The van der Waals surface area contributed by atoms with Gasteiger partial charge in [0, 0.05) is 5.56 Å². The van der Waals surface area contributed by atoms with Crippen molar-refractivity contribution in [2.24, 2.45) is 0 Å². The molecule has 2 aromatic carbocycles. The number of halogens is 3. The standard InChI is InChI=1S/C18H16F3NO4/c1-11(12-7-9-15(10-8-12)26-18(19,20)21)22-16(23)13-3-5-14(6-4-13)17(24)25-2/h3-11H,1-2H3,(H,22,23). The van der Waals surface area contributed by atoms with Gasteiger partial charge in [-0.25, -0.2) is 4.79 Å². The molecular formula is C18H16F3NO4. The Labute approximate surface area is 147 Å². The lowest BCUT2D eigenvalue weighted by Crippen LogP contribution is -2.26. The highest BCUT2D eigenvalue weighted by atomic mass is 19.4. The van der Waals surface area contributed by atoms with E-state index < -0.39 is 18.4 Å². The van der Waals surface area contributed by atoms with Crippen LogP contribution in [0.1, 0.15) is 39.2 Å². The Morgan fingerprint density at radius 1 is 0.962 bits per heavy atom. The van der Waals surface area contributed by atoms with Crippen LogP contribution in [0, 0.1) is 0 Å². The number of methoxy groups -OCH3 is 1. The number of hydrogen-bond donors (Lipinski definition) is 1. The Kier molecular flexibility index (Phi) is 5.86. The summed E-state index contributed by atoms with van der Waals surface area (Å²) in [5, 5.41) is 2.72. The van der Waals surface area contributed by atoms with Crippen LogP contribution < -0.4 is 10.1 Å². The number of nitrogens with one attached hydrogen (secondary N) is 1. The topological polar surface area (TPSA) is 64.6 Å². The molecule has 0 aliphatic rings. The maximum absolute atomic E-state index is 12.2. The first-order valence-corrected chi connectivity index (χ1v) is 7.54. The van der Waals surface area contributed by atoms with Crippen LogP contribution in [0.4, 0.5) is 13.2 Å². The average Bonchev–Trinajstić information content (AvgIpc) is 2.60. The lowest BCUT2D eigenvalue weighted by molar-refractivity contribution is -0.274. The van der Waals surface area contributed by atoms with Gasteiger partial charge in [0.05, 0.1) is 18.7 Å². The fraction of sp³-hybridized carbons (Fsp3) is 0.222. The summed E-state index contributed by atoms with van der Waals surface area (Å²) in [6.45, 7) is 1.69. The maximum Gasteiger partial charge on any atom is 0.573 e. The van der Waals surface area contributed by atoms with Gasteiger partial charge in [-0.1, -0.05) is 12.1 Å². The van der Waals surface area contributed by atoms with Crippen LogP contribution in [-0.4, -0.2) is 25.3 Å². The molecule has 2 rings (SSSR count). The zero-order valence-corrected chi connectivity index (χ0v) is 14.0. The molecule has 1 amide bonds. The summed E-state index contributed by atoms with van der Waals surface area (Å²) in [7, 11) is 1.26. The molecule has 1 unspecified atom stereocenters.